The number of hydrogen-bond acceptors (Lipinski definition) is 5. The molecule has 8 heteroatoms. The SMILES string of the molecule is O=c1nc(NO)[nH]c(=O)n1Cc1ccc(F)cc1. The average molecular weight is 252 g/mol. The van der Waals surface area contributed by atoms with Gasteiger partial charge in [0.15, 0.2) is 0 Å². The summed E-state index contributed by atoms with van der Waals surface area (Å²) in [6, 6.07) is 5.37. The standard InChI is InChI=1S/C10H9FN4O3/c11-7-3-1-6(2-4-7)5-15-9(16)12-8(14-18)13-10(15)17/h1-4,18H,5H2,(H2,12,13,14,16,17). The van der Waals surface area contributed by atoms with Crippen LogP contribution in [0.25, 0.3) is 0 Å². The number of halogens is 1. The van der Waals surface area contributed by atoms with Gasteiger partial charge in [-0.2, -0.15) is 4.98 Å². The quantitative estimate of drug-likeness (QED) is 0.663. The zero-order valence-electron chi connectivity index (χ0n) is 9.05. The van der Waals surface area contributed by atoms with E-state index in [9.17, 15) is 14.0 Å². The molecule has 2 rings (SSSR count). The van der Waals surface area contributed by atoms with E-state index in [1.165, 1.54) is 24.3 Å². The number of benzene rings is 1. The summed E-state index contributed by atoms with van der Waals surface area (Å²) < 4.78 is 13.5. The minimum atomic E-state index is -0.820. The topological polar surface area (TPSA) is 100 Å². The molecule has 94 valence electrons. The van der Waals surface area contributed by atoms with Gasteiger partial charge < -0.3 is 0 Å². The van der Waals surface area contributed by atoms with Gasteiger partial charge in [0, 0.05) is 0 Å². The zero-order valence-corrected chi connectivity index (χ0v) is 9.05. The van der Waals surface area contributed by atoms with E-state index in [1.54, 1.807) is 5.48 Å². The molecule has 0 saturated heterocycles. The van der Waals surface area contributed by atoms with Gasteiger partial charge in [0.25, 0.3) is 0 Å². The van der Waals surface area contributed by atoms with Crippen LogP contribution in [-0.2, 0) is 6.54 Å². The molecule has 0 saturated carbocycles. The summed E-state index contributed by atoms with van der Waals surface area (Å²) >= 11 is 0. The van der Waals surface area contributed by atoms with Crippen molar-refractivity contribution in [1.29, 1.82) is 0 Å². The van der Waals surface area contributed by atoms with Gasteiger partial charge in [-0.3, -0.25) is 10.2 Å². The second-order valence-corrected chi connectivity index (χ2v) is 3.50. The van der Waals surface area contributed by atoms with Crippen LogP contribution in [0.2, 0.25) is 0 Å². The van der Waals surface area contributed by atoms with Gasteiger partial charge in [0.05, 0.1) is 6.54 Å². The first kappa shape index (κ1) is 12.0. The van der Waals surface area contributed by atoms with Crippen molar-refractivity contribution in [3.05, 3.63) is 56.6 Å². The minimum Gasteiger partial charge on any atom is -0.288 e. The van der Waals surface area contributed by atoms with Crippen molar-refractivity contribution in [2.45, 2.75) is 6.54 Å². The fraction of sp³-hybridized carbons (Fsp3) is 0.100. The van der Waals surface area contributed by atoms with Crippen molar-refractivity contribution in [1.82, 2.24) is 14.5 Å². The molecule has 3 N–H and O–H groups in total. The Balaban J connectivity index is 2.38. The van der Waals surface area contributed by atoms with Crippen molar-refractivity contribution >= 4 is 5.95 Å². The molecule has 0 unspecified atom stereocenters. The second-order valence-electron chi connectivity index (χ2n) is 3.50. The third kappa shape index (κ3) is 2.43. The lowest BCUT2D eigenvalue weighted by atomic mass is 10.2. The van der Waals surface area contributed by atoms with Crippen LogP contribution >= 0.6 is 0 Å². The number of nitrogens with zero attached hydrogens (tertiary/aromatic N) is 2. The molecular formula is C10H9FN4O3. The van der Waals surface area contributed by atoms with Gasteiger partial charge in [-0.15, -0.1) is 0 Å². The summed E-state index contributed by atoms with van der Waals surface area (Å²) in [6.45, 7) is -0.0346. The highest BCUT2D eigenvalue weighted by Gasteiger charge is 2.06. The second kappa shape index (κ2) is 4.80. The lowest BCUT2D eigenvalue weighted by Gasteiger charge is -2.04. The lowest BCUT2D eigenvalue weighted by Crippen LogP contribution is -2.37. The van der Waals surface area contributed by atoms with Crippen LogP contribution in [0.4, 0.5) is 10.3 Å². The highest BCUT2D eigenvalue weighted by molar-refractivity contribution is 5.18. The van der Waals surface area contributed by atoms with Crippen LogP contribution in [-0.4, -0.2) is 19.7 Å². The normalized spacial score (nSPS) is 10.3. The van der Waals surface area contributed by atoms with Gasteiger partial charge in [-0.25, -0.2) is 24.0 Å². The Morgan fingerprint density at radius 1 is 1.33 bits per heavy atom. The van der Waals surface area contributed by atoms with E-state index >= 15 is 0 Å². The fourth-order valence-electron chi connectivity index (χ4n) is 1.40. The molecule has 0 spiro atoms. The number of hydrogen-bond donors (Lipinski definition) is 3. The summed E-state index contributed by atoms with van der Waals surface area (Å²) in [7, 11) is 0. The maximum absolute atomic E-state index is 12.7. The molecule has 0 aliphatic rings. The number of anilines is 1. The molecule has 2 aromatic rings. The van der Waals surface area contributed by atoms with Gasteiger partial charge >= 0.3 is 11.4 Å². The van der Waals surface area contributed by atoms with Crippen molar-refractivity contribution in [2.24, 2.45) is 0 Å². The van der Waals surface area contributed by atoms with Gasteiger partial charge in [-0.1, -0.05) is 12.1 Å². The smallest absolute Gasteiger partial charge is 0.288 e. The molecule has 0 atom stereocenters. The first-order valence-electron chi connectivity index (χ1n) is 4.96. The molecule has 1 aromatic carbocycles. The van der Waals surface area contributed by atoms with Crippen LogP contribution in [0.5, 0.6) is 0 Å². The van der Waals surface area contributed by atoms with E-state index < -0.39 is 17.2 Å². The monoisotopic (exact) mass is 252 g/mol. The molecule has 18 heavy (non-hydrogen) atoms. The first-order chi connectivity index (χ1) is 8.60. The molecular weight excluding hydrogens is 243 g/mol. The number of H-pyrrole nitrogens is 1. The molecule has 0 amide bonds. The summed E-state index contributed by atoms with van der Waals surface area (Å²) in [5.74, 6) is -0.738. The number of rotatable bonds is 3. The highest BCUT2D eigenvalue weighted by Crippen LogP contribution is 2.02. The Kier molecular flexibility index (Phi) is 3.20. The maximum Gasteiger partial charge on any atom is 0.355 e. The van der Waals surface area contributed by atoms with Crippen molar-refractivity contribution < 1.29 is 9.60 Å². The Bertz CT molecular complexity index is 631. The number of nitrogens with one attached hydrogen (secondary N) is 2. The Morgan fingerprint density at radius 3 is 2.56 bits per heavy atom. The first-order valence-corrected chi connectivity index (χ1v) is 4.96. The fourth-order valence-corrected chi connectivity index (χ4v) is 1.40. The molecule has 0 aliphatic heterocycles. The molecule has 0 radical (unpaired) electrons. The molecule has 0 aliphatic carbocycles. The summed E-state index contributed by atoms with van der Waals surface area (Å²) in [6.07, 6.45) is 0. The van der Waals surface area contributed by atoms with E-state index in [2.05, 4.69) is 9.97 Å². The molecule has 0 bridgehead atoms. The Labute approximate surface area is 99.5 Å². The zero-order chi connectivity index (χ0) is 13.1. The van der Waals surface area contributed by atoms with Gasteiger partial charge in [0.1, 0.15) is 5.82 Å². The van der Waals surface area contributed by atoms with Crippen LogP contribution < -0.4 is 16.9 Å². The van der Waals surface area contributed by atoms with Gasteiger partial charge in [0.2, 0.25) is 5.95 Å². The predicted octanol–water partition coefficient (Wildman–Crippen LogP) is -0.0799. The van der Waals surface area contributed by atoms with E-state index in [-0.39, 0.29) is 12.5 Å². The largest absolute Gasteiger partial charge is 0.355 e. The van der Waals surface area contributed by atoms with E-state index in [0.29, 0.717) is 5.56 Å². The van der Waals surface area contributed by atoms with Crippen LogP contribution in [0.3, 0.4) is 0 Å². The molecule has 0 fully saturated rings. The van der Waals surface area contributed by atoms with Crippen molar-refractivity contribution in [3.8, 4) is 0 Å². The number of aromatic amines is 1. The molecule has 1 aromatic heterocycles. The minimum absolute atomic E-state index is 0.0346. The van der Waals surface area contributed by atoms with E-state index in [4.69, 9.17) is 5.21 Å². The van der Waals surface area contributed by atoms with Gasteiger partial charge in [-0.05, 0) is 17.7 Å². The predicted molar refractivity (Wildman–Crippen MR) is 60.0 cm³/mol. The summed E-state index contributed by atoms with van der Waals surface area (Å²) in [4.78, 5) is 28.6. The Morgan fingerprint density at radius 2 is 2.00 bits per heavy atom. The summed E-state index contributed by atoms with van der Waals surface area (Å²) in [5, 5.41) is 8.53. The van der Waals surface area contributed by atoms with E-state index in [0.717, 1.165) is 4.57 Å². The van der Waals surface area contributed by atoms with Crippen LogP contribution in [0.1, 0.15) is 5.56 Å². The van der Waals surface area contributed by atoms with Crippen LogP contribution in [0.15, 0.2) is 33.9 Å². The number of aromatic nitrogens is 3. The summed E-state index contributed by atoms with van der Waals surface area (Å²) in [5.41, 5.74) is 0.611. The molecule has 1 heterocycles. The van der Waals surface area contributed by atoms with E-state index in [1.807, 2.05) is 0 Å². The van der Waals surface area contributed by atoms with Crippen molar-refractivity contribution in [3.63, 3.8) is 0 Å². The third-order valence-electron chi connectivity index (χ3n) is 2.27. The van der Waals surface area contributed by atoms with Crippen molar-refractivity contribution in [2.75, 3.05) is 5.48 Å². The van der Waals surface area contributed by atoms with Crippen LogP contribution in [0, 0.1) is 5.82 Å². The Hall–Kier alpha value is -2.48. The third-order valence-corrected chi connectivity index (χ3v) is 2.27. The maximum atomic E-state index is 12.7. The highest BCUT2D eigenvalue weighted by atomic mass is 19.1. The average Bonchev–Trinajstić information content (AvgIpc) is 2.35. The lowest BCUT2D eigenvalue weighted by molar-refractivity contribution is 0.380. The molecule has 7 nitrogen and oxygen atoms in total.